The van der Waals surface area contributed by atoms with Crippen LogP contribution in [-0.4, -0.2) is 15.1 Å². The molecule has 0 bridgehead atoms. The maximum atomic E-state index is 13.6. The minimum absolute atomic E-state index is 0.267. The number of nitrogens with zero attached hydrogens (tertiary/aromatic N) is 1. The molecule has 1 aromatic carbocycles. The van der Waals surface area contributed by atoms with Crippen molar-refractivity contribution >= 4 is 11.8 Å². The van der Waals surface area contributed by atoms with Crippen LogP contribution in [-0.2, 0) is 6.61 Å². The first-order chi connectivity index (χ1) is 8.20. The van der Waals surface area contributed by atoms with Crippen molar-refractivity contribution in [2.24, 2.45) is 0 Å². The normalized spacial score (nSPS) is 10.5. The van der Waals surface area contributed by atoms with E-state index in [4.69, 9.17) is 5.11 Å². The summed E-state index contributed by atoms with van der Waals surface area (Å²) in [6.45, 7) is -0.267. The highest BCUT2D eigenvalue weighted by Crippen LogP contribution is 2.29. The number of aromatic nitrogens is 2. The summed E-state index contributed by atoms with van der Waals surface area (Å²) < 4.78 is 13.6. The van der Waals surface area contributed by atoms with Crippen molar-refractivity contribution in [3.63, 3.8) is 0 Å². The quantitative estimate of drug-likeness (QED) is 0.813. The van der Waals surface area contributed by atoms with E-state index in [1.165, 1.54) is 24.4 Å². The molecule has 0 unspecified atom stereocenters. The van der Waals surface area contributed by atoms with Gasteiger partial charge in [0.15, 0.2) is 5.16 Å². The number of benzene rings is 1. The lowest BCUT2D eigenvalue weighted by Crippen LogP contribution is -2.05. The number of aliphatic hydroxyl groups excluding tert-OH is 1. The molecule has 0 aliphatic rings. The van der Waals surface area contributed by atoms with Crippen LogP contribution in [0.25, 0.3) is 0 Å². The average Bonchev–Trinajstić information content (AvgIpc) is 2.32. The summed E-state index contributed by atoms with van der Waals surface area (Å²) in [7, 11) is 0. The van der Waals surface area contributed by atoms with Crippen molar-refractivity contribution in [2.45, 2.75) is 16.7 Å². The van der Waals surface area contributed by atoms with Crippen LogP contribution >= 0.6 is 11.8 Å². The van der Waals surface area contributed by atoms with Crippen molar-refractivity contribution < 1.29 is 9.50 Å². The Morgan fingerprint density at radius 3 is 2.94 bits per heavy atom. The van der Waals surface area contributed by atoms with Gasteiger partial charge in [-0.05, 0) is 23.4 Å². The van der Waals surface area contributed by atoms with E-state index in [9.17, 15) is 9.18 Å². The molecule has 0 aliphatic heterocycles. The fraction of sp³-hybridized carbons (Fsp3) is 0.0909. The van der Waals surface area contributed by atoms with Gasteiger partial charge in [0.25, 0.3) is 5.56 Å². The third-order valence-corrected chi connectivity index (χ3v) is 3.13. The maximum absolute atomic E-state index is 13.6. The first-order valence-corrected chi connectivity index (χ1v) is 5.64. The van der Waals surface area contributed by atoms with Crippen LogP contribution in [0.2, 0.25) is 0 Å². The summed E-state index contributed by atoms with van der Waals surface area (Å²) in [4.78, 5) is 17.7. The summed E-state index contributed by atoms with van der Waals surface area (Å²) in [5.74, 6) is -0.451. The van der Waals surface area contributed by atoms with Crippen molar-refractivity contribution in [3.05, 3.63) is 52.2 Å². The van der Waals surface area contributed by atoms with Gasteiger partial charge in [-0.2, -0.15) is 0 Å². The van der Waals surface area contributed by atoms with E-state index in [1.807, 2.05) is 0 Å². The van der Waals surface area contributed by atoms with Crippen molar-refractivity contribution in [3.8, 4) is 0 Å². The van der Waals surface area contributed by atoms with E-state index < -0.39 is 5.82 Å². The third kappa shape index (κ3) is 2.72. The number of aromatic amines is 1. The number of hydrogen-bond acceptors (Lipinski definition) is 4. The molecule has 0 fully saturated rings. The molecule has 0 amide bonds. The molecule has 0 aliphatic carbocycles. The van der Waals surface area contributed by atoms with Crippen LogP contribution in [0.15, 0.2) is 45.3 Å². The molecule has 0 saturated carbocycles. The molecule has 17 heavy (non-hydrogen) atoms. The number of aliphatic hydroxyl groups is 1. The number of rotatable bonds is 3. The molecule has 1 aromatic heterocycles. The Kier molecular flexibility index (Phi) is 3.55. The average molecular weight is 252 g/mol. The van der Waals surface area contributed by atoms with Crippen LogP contribution in [0.4, 0.5) is 4.39 Å². The molecule has 2 aromatic rings. The van der Waals surface area contributed by atoms with Gasteiger partial charge in [-0.1, -0.05) is 12.1 Å². The highest BCUT2D eigenvalue weighted by atomic mass is 32.2. The van der Waals surface area contributed by atoms with Gasteiger partial charge in [0, 0.05) is 12.3 Å². The van der Waals surface area contributed by atoms with Crippen LogP contribution in [0.1, 0.15) is 5.56 Å². The molecule has 2 N–H and O–H groups in total. The Morgan fingerprint density at radius 2 is 2.24 bits per heavy atom. The Morgan fingerprint density at radius 1 is 1.41 bits per heavy atom. The fourth-order valence-corrected chi connectivity index (χ4v) is 2.18. The summed E-state index contributed by atoms with van der Waals surface area (Å²) >= 11 is 0.978. The summed E-state index contributed by atoms with van der Waals surface area (Å²) in [5, 5.41) is 9.39. The van der Waals surface area contributed by atoms with Gasteiger partial charge in [0.05, 0.1) is 11.5 Å². The van der Waals surface area contributed by atoms with Crippen LogP contribution in [0.3, 0.4) is 0 Å². The second kappa shape index (κ2) is 5.11. The van der Waals surface area contributed by atoms with Crippen LogP contribution in [0.5, 0.6) is 0 Å². The second-order valence-electron chi connectivity index (χ2n) is 3.23. The zero-order chi connectivity index (χ0) is 12.3. The van der Waals surface area contributed by atoms with E-state index in [0.29, 0.717) is 5.56 Å². The summed E-state index contributed by atoms with van der Waals surface area (Å²) in [6, 6.07) is 5.71. The topological polar surface area (TPSA) is 66.0 Å². The Bertz CT molecular complexity index is 586. The zero-order valence-electron chi connectivity index (χ0n) is 8.68. The van der Waals surface area contributed by atoms with E-state index in [1.54, 1.807) is 6.07 Å². The lowest BCUT2D eigenvalue weighted by molar-refractivity contribution is 0.277. The van der Waals surface area contributed by atoms with E-state index in [2.05, 4.69) is 9.97 Å². The summed E-state index contributed by atoms with van der Waals surface area (Å²) in [5.41, 5.74) is 0.158. The standard InChI is InChI=1S/C11H9FN2O2S/c12-8-3-1-2-7(6-15)10(8)17-11-13-5-4-9(16)14-11/h1-5,15H,6H2,(H,13,14,16). The van der Waals surface area contributed by atoms with Gasteiger partial charge >= 0.3 is 0 Å². The number of halogens is 1. The van der Waals surface area contributed by atoms with E-state index >= 15 is 0 Å². The number of H-pyrrole nitrogens is 1. The molecule has 1 heterocycles. The third-order valence-electron chi connectivity index (χ3n) is 2.07. The largest absolute Gasteiger partial charge is 0.392 e. The smallest absolute Gasteiger partial charge is 0.251 e. The minimum atomic E-state index is -0.451. The molecule has 0 atom stereocenters. The first-order valence-electron chi connectivity index (χ1n) is 4.82. The van der Waals surface area contributed by atoms with E-state index in [0.717, 1.165) is 11.8 Å². The SMILES string of the molecule is O=c1ccnc(Sc2c(F)cccc2CO)[nH]1. The molecule has 88 valence electrons. The van der Waals surface area contributed by atoms with Gasteiger partial charge in [-0.25, -0.2) is 9.37 Å². The lowest BCUT2D eigenvalue weighted by Gasteiger charge is -2.06. The highest BCUT2D eigenvalue weighted by Gasteiger charge is 2.10. The van der Waals surface area contributed by atoms with Gasteiger partial charge in [0.2, 0.25) is 0 Å². The molecule has 4 nitrogen and oxygen atoms in total. The Labute approximate surface area is 101 Å². The predicted octanol–water partition coefficient (Wildman–Crippen LogP) is 1.55. The van der Waals surface area contributed by atoms with Crippen molar-refractivity contribution in [1.29, 1.82) is 0 Å². The molecule has 6 heteroatoms. The molecular weight excluding hydrogens is 243 g/mol. The lowest BCUT2D eigenvalue weighted by atomic mass is 10.2. The fourth-order valence-electron chi connectivity index (χ4n) is 1.29. The second-order valence-corrected chi connectivity index (χ2v) is 4.23. The predicted molar refractivity (Wildman–Crippen MR) is 61.3 cm³/mol. The monoisotopic (exact) mass is 252 g/mol. The van der Waals surface area contributed by atoms with Crippen molar-refractivity contribution in [2.75, 3.05) is 0 Å². The van der Waals surface area contributed by atoms with Crippen molar-refractivity contribution in [1.82, 2.24) is 9.97 Å². The number of hydrogen-bond donors (Lipinski definition) is 2. The van der Waals surface area contributed by atoms with Gasteiger partial charge < -0.3 is 10.1 Å². The van der Waals surface area contributed by atoms with Gasteiger partial charge in [-0.3, -0.25) is 4.79 Å². The summed E-state index contributed by atoms with van der Waals surface area (Å²) in [6.07, 6.45) is 1.35. The van der Waals surface area contributed by atoms with Crippen LogP contribution in [0, 0.1) is 5.82 Å². The van der Waals surface area contributed by atoms with Gasteiger partial charge in [-0.15, -0.1) is 0 Å². The molecule has 0 radical (unpaired) electrons. The molecule has 0 spiro atoms. The van der Waals surface area contributed by atoms with E-state index in [-0.39, 0.29) is 22.2 Å². The number of nitrogens with one attached hydrogen (secondary N) is 1. The Hall–Kier alpha value is -1.66. The first kappa shape index (κ1) is 11.8. The van der Waals surface area contributed by atoms with Crippen LogP contribution < -0.4 is 5.56 Å². The molecule has 2 rings (SSSR count). The molecule has 0 saturated heterocycles. The Balaban J connectivity index is 2.39. The van der Waals surface area contributed by atoms with Gasteiger partial charge in [0.1, 0.15) is 5.82 Å². The highest BCUT2D eigenvalue weighted by molar-refractivity contribution is 7.99. The molecular formula is C11H9FN2O2S. The maximum Gasteiger partial charge on any atom is 0.251 e. The minimum Gasteiger partial charge on any atom is -0.392 e. The zero-order valence-corrected chi connectivity index (χ0v) is 9.50.